The molecule has 0 nitrogen and oxygen atoms in total. The molecule has 32 valence electrons. The molecule has 0 fully saturated rings. The van der Waals surface area contributed by atoms with Crippen molar-refractivity contribution in [3.63, 3.8) is 0 Å². The molecule has 0 heterocycles. The maximum absolute atomic E-state index is 3.47. The van der Waals surface area contributed by atoms with Crippen LogP contribution in [0.2, 0.25) is 0 Å². The van der Waals surface area contributed by atoms with Gasteiger partial charge in [0, 0.05) is 0 Å². The number of halogens is 1. The third-order valence-corrected chi connectivity index (χ3v) is 0.548. The van der Waals surface area contributed by atoms with Gasteiger partial charge in [-0.2, -0.15) is 0 Å². The fourth-order valence-electron chi connectivity index (χ4n) is 0. The quantitative estimate of drug-likeness (QED) is 0.260. The molecule has 0 unspecified atom stereocenters. The highest BCUT2D eigenvalue weighted by Gasteiger charge is 1.56. The predicted octanol–water partition coefficient (Wildman–Crippen LogP) is -2.42. The lowest BCUT2D eigenvalue weighted by Crippen LogP contribution is -3.00. The van der Waals surface area contributed by atoms with E-state index in [1.807, 2.05) is 11.7 Å². The van der Waals surface area contributed by atoms with E-state index in [-0.39, 0.29) is 12.4 Å². The van der Waals surface area contributed by atoms with E-state index in [1.165, 1.54) is 11.8 Å². The standard InChI is InChI=1S/C3H6S.ClH/c1-3-4-2;/h3H,1H2,2H3;1H. The van der Waals surface area contributed by atoms with Crippen molar-refractivity contribution < 1.29 is 12.4 Å². The molecule has 0 amide bonds. The summed E-state index contributed by atoms with van der Waals surface area (Å²) in [7, 11) is 0. The number of thiol groups is 1. The van der Waals surface area contributed by atoms with Gasteiger partial charge in [0.05, 0.1) is 6.26 Å². The van der Waals surface area contributed by atoms with Gasteiger partial charge in [0.25, 0.3) is 0 Å². The Morgan fingerprint density at radius 2 is 2.00 bits per heavy atom. The van der Waals surface area contributed by atoms with Crippen molar-refractivity contribution in [3.8, 4) is 0 Å². The van der Waals surface area contributed by atoms with Crippen molar-refractivity contribution in [2.75, 3.05) is 6.26 Å². The number of hydrogen-bond donors (Lipinski definition) is 0. The monoisotopic (exact) mass is 110 g/mol. The first-order chi connectivity index (χ1) is 1.91. The van der Waals surface area contributed by atoms with Crippen molar-refractivity contribution >= 4 is 11.8 Å². The topological polar surface area (TPSA) is 0 Å². The molecule has 0 saturated carbocycles. The molecule has 0 N–H and O–H groups in total. The van der Waals surface area contributed by atoms with Crippen LogP contribution in [0.1, 0.15) is 0 Å². The van der Waals surface area contributed by atoms with Gasteiger partial charge in [-0.3, -0.25) is 0 Å². The van der Waals surface area contributed by atoms with Gasteiger partial charge in [-0.05, 0) is 11.8 Å². The summed E-state index contributed by atoms with van der Waals surface area (Å²) in [5.41, 5.74) is 0. The van der Waals surface area contributed by atoms with Crippen LogP contribution in [0.15, 0.2) is 12.0 Å². The largest absolute Gasteiger partial charge is 1.00 e. The summed E-state index contributed by atoms with van der Waals surface area (Å²) in [6.07, 6.45) is 2.03. The summed E-state index contributed by atoms with van der Waals surface area (Å²) in [6.45, 7) is 3.47. The third kappa shape index (κ3) is 13.0. The van der Waals surface area contributed by atoms with E-state index < -0.39 is 0 Å². The Hall–Kier alpha value is 0.380. The first-order valence-electron chi connectivity index (χ1n) is 1.11. The minimum atomic E-state index is 0. The van der Waals surface area contributed by atoms with Gasteiger partial charge >= 0.3 is 0 Å². The van der Waals surface area contributed by atoms with E-state index in [4.69, 9.17) is 0 Å². The molecule has 0 atom stereocenters. The Balaban J connectivity index is 0. The fraction of sp³-hybridized carbons (Fsp3) is 0.333. The predicted molar refractivity (Wildman–Crippen MR) is 24.9 cm³/mol. The second kappa shape index (κ2) is 8.83. The van der Waals surface area contributed by atoms with Crippen LogP contribution in [0, 0.1) is 0 Å². The summed E-state index contributed by atoms with van der Waals surface area (Å²) in [5.74, 6) is 0. The van der Waals surface area contributed by atoms with Gasteiger partial charge in [0.2, 0.25) is 0 Å². The van der Waals surface area contributed by atoms with Gasteiger partial charge in [-0.25, -0.2) is 0 Å². The molecule has 0 aromatic carbocycles. The van der Waals surface area contributed by atoms with E-state index in [9.17, 15) is 0 Å². The van der Waals surface area contributed by atoms with Crippen LogP contribution < -0.4 is 12.4 Å². The highest BCUT2D eigenvalue weighted by atomic mass is 35.5. The molecule has 0 saturated heterocycles. The van der Waals surface area contributed by atoms with Crippen LogP contribution in [-0.2, 0) is 11.8 Å². The van der Waals surface area contributed by atoms with E-state index in [0.29, 0.717) is 0 Å². The third-order valence-electron chi connectivity index (χ3n) is 0.183. The second-order valence-corrected chi connectivity index (χ2v) is 1.32. The van der Waals surface area contributed by atoms with E-state index in [0.717, 1.165) is 0 Å². The van der Waals surface area contributed by atoms with Gasteiger partial charge < -0.3 is 12.4 Å². The van der Waals surface area contributed by atoms with Gasteiger partial charge in [0.15, 0.2) is 0 Å². The van der Waals surface area contributed by atoms with Crippen LogP contribution in [0.5, 0.6) is 0 Å². The van der Waals surface area contributed by atoms with Crippen LogP contribution in [0.4, 0.5) is 0 Å². The molecule has 0 aliphatic carbocycles. The molecular formula is C3H7ClS. The SMILES string of the molecule is C=C[SH+]C.[Cl-]. The first-order valence-corrected chi connectivity index (χ1v) is 2.52. The van der Waals surface area contributed by atoms with Crippen LogP contribution in [0.25, 0.3) is 0 Å². The molecular weight excluding hydrogens is 104 g/mol. The molecule has 5 heavy (non-hydrogen) atoms. The normalized spacial score (nSPS) is 5.00. The van der Waals surface area contributed by atoms with Crippen LogP contribution in [-0.4, -0.2) is 6.26 Å². The van der Waals surface area contributed by atoms with Crippen LogP contribution >= 0.6 is 0 Å². The fourth-order valence-corrected chi connectivity index (χ4v) is 0. The summed E-state index contributed by atoms with van der Waals surface area (Å²) < 4.78 is 0. The minimum absolute atomic E-state index is 0. The van der Waals surface area contributed by atoms with E-state index >= 15 is 0 Å². The molecule has 0 aliphatic heterocycles. The Morgan fingerprint density at radius 1 is 1.80 bits per heavy atom. The Morgan fingerprint density at radius 3 is 2.00 bits per heavy atom. The molecule has 0 aliphatic rings. The summed E-state index contributed by atoms with van der Waals surface area (Å²) in [6, 6.07) is 0. The van der Waals surface area contributed by atoms with Crippen molar-refractivity contribution in [2.24, 2.45) is 0 Å². The lowest BCUT2D eigenvalue weighted by molar-refractivity contribution is -0.000000861. The van der Waals surface area contributed by atoms with Crippen molar-refractivity contribution in [1.82, 2.24) is 0 Å². The van der Waals surface area contributed by atoms with Gasteiger partial charge in [-0.15, -0.1) is 0 Å². The van der Waals surface area contributed by atoms with Crippen LogP contribution in [0.3, 0.4) is 0 Å². The highest BCUT2D eigenvalue weighted by Crippen LogP contribution is 1.54. The molecule has 0 bridgehead atoms. The molecule has 0 aromatic rings. The first kappa shape index (κ1) is 9.03. The van der Waals surface area contributed by atoms with Gasteiger partial charge in [-0.1, -0.05) is 6.58 Å². The molecule has 0 aromatic heterocycles. The lowest BCUT2D eigenvalue weighted by Gasteiger charge is -1.46. The smallest absolute Gasteiger partial charge is 0.109 e. The number of hydrogen-bond acceptors (Lipinski definition) is 0. The zero-order valence-electron chi connectivity index (χ0n) is 3.11. The summed E-state index contributed by atoms with van der Waals surface area (Å²) in [5, 5.41) is 1.85. The number of rotatable bonds is 1. The van der Waals surface area contributed by atoms with E-state index in [1.54, 1.807) is 0 Å². The van der Waals surface area contributed by atoms with Crippen molar-refractivity contribution in [2.45, 2.75) is 0 Å². The minimum Gasteiger partial charge on any atom is -1.00 e. The molecule has 0 rings (SSSR count). The Labute approximate surface area is 43.1 Å². The molecule has 0 radical (unpaired) electrons. The molecule has 0 spiro atoms. The maximum Gasteiger partial charge on any atom is 0.109 e. The maximum atomic E-state index is 3.47. The highest BCUT2D eigenvalue weighted by molar-refractivity contribution is 7.80. The summed E-state index contributed by atoms with van der Waals surface area (Å²) >= 11 is 1.26. The molecule has 2 heteroatoms. The lowest BCUT2D eigenvalue weighted by atomic mass is 11.3. The van der Waals surface area contributed by atoms with Crippen molar-refractivity contribution in [3.05, 3.63) is 12.0 Å². The average molecular weight is 111 g/mol. The summed E-state index contributed by atoms with van der Waals surface area (Å²) in [4.78, 5) is 0. The average Bonchev–Trinajstić information content (AvgIpc) is 1.37. The zero-order chi connectivity index (χ0) is 3.41. The van der Waals surface area contributed by atoms with Gasteiger partial charge in [0.1, 0.15) is 5.41 Å². The zero-order valence-corrected chi connectivity index (χ0v) is 4.76. The van der Waals surface area contributed by atoms with Crippen molar-refractivity contribution in [1.29, 1.82) is 0 Å². The second-order valence-electron chi connectivity index (χ2n) is 0.441. The van der Waals surface area contributed by atoms with E-state index in [2.05, 4.69) is 6.58 Å². The Bertz CT molecular complexity index is 20.9. The Kier molecular flexibility index (Phi) is 16.0.